The van der Waals surface area contributed by atoms with Crippen LogP contribution < -0.4 is 5.32 Å². The summed E-state index contributed by atoms with van der Waals surface area (Å²) in [7, 11) is 0. The van der Waals surface area contributed by atoms with E-state index in [9.17, 15) is 0 Å². The van der Waals surface area contributed by atoms with Crippen LogP contribution in [0.5, 0.6) is 0 Å². The normalized spacial score (nSPS) is 21.5. The fraction of sp³-hybridized carbons (Fsp3) is 0.300. The molecule has 1 saturated heterocycles. The van der Waals surface area contributed by atoms with Crippen molar-refractivity contribution in [2.75, 3.05) is 6.54 Å². The molecule has 1 atom stereocenters. The summed E-state index contributed by atoms with van der Waals surface area (Å²) in [5.41, 5.74) is 2.28. The maximum atomic E-state index is 4.30. The summed E-state index contributed by atoms with van der Waals surface area (Å²) in [4.78, 5) is 4.30. The lowest BCUT2D eigenvalue weighted by molar-refractivity contribution is 0.375. The molecule has 0 amide bonds. The molecule has 2 rings (SSSR count). The Bertz CT molecular complexity index is 290. The number of aromatic nitrogens is 1. The quantitative estimate of drug-likeness (QED) is 0.713. The molecular weight excluding hydrogens is 148 g/mol. The highest BCUT2D eigenvalue weighted by molar-refractivity contribution is 5.46. The van der Waals surface area contributed by atoms with Gasteiger partial charge in [0.1, 0.15) is 0 Å². The van der Waals surface area contributed by atoms with Gasteiger partial charge in [-0.1, -0.05) is 12.7 Å². The molecule has 1 unspecified atom stereocenters. The van der Waals surface area contributed by atoms with Crippen LogP contribution in [0.25, 0.3) is 6.08 Å². The Balaban J connectivity index is 2.25. The molecule has 1 aromatic heterocycles. The molecule has 0 spiro atoms. The average Bonchev–Trinajstić information content (AvgIpc) is 2.02. The highest BCUT2D eigenvalue weighted by atomic mass is 15.0. The van der Waals surface area contributed by atoms with Crippen molar-refractivity contribution < 1.29 is 0 Å². The minimum Gasteiger partial charge on any atom is -0.309 e. The monoisotopic (exact) mass is 160 g/mol. The Kier molecular flexibility index (Phi) is 1.92. The number of nitrogens with one attached hydrogen (secondary N) is 1. The number of hydrogen-bond acceptors (Lipinski definition) is 2. The molecule has 1 aliphatic heterocycles. The van der Waals surface area contributed by atoms with E-state index >= 15 is 0 Å². The van der Waals surface area contributed by atoms with Crippen molar-refractivity contribution in [2.45, 2.75) is 12.5 Å². The second-order valence-corrected chi connectivity index (χ2v) is 3.01. The number of pyridine rings is 1. The van der Waals surface area contributed by atoms with Crippen LogP contribution in [0.1, 0.15) is 23.7 Å². The van der Waals surface area contributed by atoms with Gasteiger partial charge in [0.25, 0.3) is 0 Å². The molecule has 1 aliphatic rings. The Morgan fingerprint density at radius 1 is 1.67 bits per heavy atom. The molecule has 0 bridgehead atoms. The van der Waals surface area contributed by atoms with Crippen molar-refractivity contribution in [3.63, 3.8) is 0 Å². The first kappa shape index (κ1) is 7.50. The Hall–Kier alpha value is -1.15. The highest BCUT2D eigenvalue weighted by Gasteiger charge is 2.19. The molecule has 2 nitrogen and oxygen atoms in total. The van der Waals surface area contributed by atoms with Crippen molar-refractivity contribution in [2.24, 2.45) is 0 Å². The van der Waals surface area contributed by atoms with Crippen molar-refractivity contribution in [1.82, 2.24) is 10.3 Å². The van der Waals surface area contributed by atoms with Gasteiger partial charge in [-0.25, -0.2) is 0 Å². The van der Waals surface area contributed by atoms with Gasteiger partial charge >= 0.3 is 0 Å². The summed E-state index contributed by atoms with van der Waals surface area (Å²) in [6.45, 7) is 4.84. The SMILES string of the molecule is C=Cc1ccnc(C2CCN2)c1. The summed E-state index contributed by atoms with van der Waals surface area (Å²) >= 11 is 0. The first-order valence-corrected chi connectivity index (χ1v) is 4.22. The van der Waals surface area contributed by atoms with E-state index in [1.54, 1.807) is 0 Å². The molecule has 0 aromatic carbocycles. The first-order chi connectivity index (χ1) is 5.90. The zero-order chi connectivity index (χ0) is 8.39. The summed E-state index contributed by atoms with van der Waals surface area (Å²) in [6, 6.07) is 4.53. The van der Waals surface area contributed by atoms with E-state index in [0.717, 1.165) is 17.8 Å². The molecule has 0 radical (unpaired) electrons. The maximum absolute atomic E-state index is 4.30. The summed E-state index contributed by atoms with van der Waals surface area (Å²) in [5.74, 6) is 0. The zero-order valence-electron chi connectivity index (χ0n) is 6.96. The second kappa shape index (κ2) is 3.07. The van der Waals surface area contributed by atoms with Crippen molar-refractivity contribution >= 4 is 6.08 Å². The molecule has 2 heteroatoms. The predicted octanol–water partition coefficient (Wildman–Crippen LogP) is 1.76. The molecule has 1 N–H and O–H groups in total. The van der Waals surface area contributed by atoms with E-state index in [4.69, 9.17) is 0 Å². The molecule has 0 saturated carbocycles. The van der Waals surface area contributed by atoms with E-state index < -0.39 is 0 Å². The largest absolute Gasteiger partial charge is 0.309 e. The maximum Gasteiger partial charge on any atom is 0.0579 e. The Morgan fingerprint density at radius 2 is 2.50 bits per heavy atom. The van der Waals surface area contributed by atoms with Crippen LogP contribution in [0.2, 0.25) is 0 Å². The minimum atomic E-state index is 0.477. The lowest BCUT2D eigenvalue weighted by atomic mass is 10.0. The number of hydrogen-bond donors (Lipinski definition) is 1. The second-order valence-electron chi connectivity index (χ2n) is 3.01. The first-order valence-electron chi connectivity index (χ1n) is 4.22. The molecule has 12 heavy (non-hydrogen) atoms. The van der Waals surface area contributed by atoms with E-state index in [1.807, 2.05) is 18.3 Å². The lowest BCUT2D eigenvalue weighted by Gasteiger charge is -2.26. The van der Waals surface area contributed by atoms with Gasteiger partial charge in [0, 0.05) is 6.20 Å². The van der Waals surface area contributed by atoms with E-state index in [2.05, 4.69) is 22.9 Å². The molecular formula is C10H12N2. The summed E-state index contributed by atoms with van der Waals surface area (Å²) < 4.78 is 0. The van der Waals surface area contributed by atoms with Crippen LogP contribution in [0.15, 0.2) is 24.9 Å². The average molecular weight is 160 g/mol. The number of rotatable bonds is 2. The Labute approximate surface area is 72.3 Å². The highest BCUT2D eigenvalue weighted by Crippen LogP contribution is 2.21. The summed E-state index contributed by atoms with van der Waals surface area (Å²) in [6.07, 6.45) is 4.89. The van der Waals surface area contributed by atoms with Crippen LogP contribution >= 0.6 is 0 Å². The fourth-order valence-corrected chi connectivity index (χ4v) is 1.32. The van der Waals surface area contributed by atoms with Gasteiger partial charge in [-0.2, -0.15) is 0 Å². The van der Waals surface area contributed by atoms with Crippen LogP contribution in [-0.2, 0) is 0 Å². The van der Waals surface area contributed by atoms with Crippen LogP contribution in [0.3, 0.4) is 0 Å². The third kappa shape index (κ3) is 1.25. The van der Waals surface area contributed by atoms with Crippen molar-refractivity contribution in [1.29, 1.82) is 0 Å². The lowest BCUT2D eigenvalue weighted by Crippen LogP contribution is -2.35. The zero-order valence-corrected chi connectivity index (χ0v) is 6.96. The summed E-state index contributed by atoms with van der Waals surface area (Å²) in [5, 5.41) is 3.32. The van der Waals surface area contributed by atoms with E-state index in [-0.39, 0.29) is 0 Å². The third-order valence-electron chi connectivity index (χ3n) is 2.22. The van der Waals surface area contributed by atoms with Crippen LogP contribution in [-0.4, -0.2) is 11.5 Å². The molecule has 0 aliphatic carbocycles. The number of nitrogens with zero attached hydrogens (tertiary/aromatic N) is 1. The van der Waals surface area contributed by atoms with Gasteiger partial charge in [-0.05, 0) is 30.7 Å². The van der Waals surface area contributed by atoms with Crippen LogP contribution in [0.4, 0.5) is 0 Å². The van der Waals surface area contributed by atoms with Gasteiger partial charge in [0.2, 0.25) is 0 Å². The predicted molar refractivity (Wildman–Crippen MR) is 49.7 cm³/mol. The Morgan fingerprint density at radius 3 is 3.08 bits per heavy atom. The van der Waals surface area contributed by atoms with Gasteiger partial charge in [-0.3, -0.25) is 4.98 Å². The van der Waals surface area contributed by atoms with Crippen molar-refractivity contribution in [3.05, 3.63) is 36.2 Å². The topological polar surface area (TPSA) is 24.9 Å². The molecule has 62 valence electrons. The van der Waals surface area contributed by atoms with Gasteiger partial charge in [0.05, 0.1) is 11.7 Å². The molecule has 1 aromatic rings. The van der Waals surface area contributed by atoms with Crippen molar-refractivity contribution in [3.8, 4) is 0 Å². The van der Waals surface area contributed by atoms with E-state index in [1.165, 1.54) is 6.42 Å². The molecule has 1 fully saturated rings. The van der Waals surface area contributed by atoms with Gasteiger partial charge in [0.15, 0.2) is 0 Å². The molecule has 2 heterocycles. The standard InChI is InChI=1S/C10H12N2/c1-2-8-3-5-12-10(7-8)9-4-6-11-9/h2-3,5,7,9,11H,1,4,6H2. The van der Waals surface area contributed by atoms with Crippen LogP contribution in [0, 0.1) is 0 Å². The van der Waals surface area contributed by atoms with Gasteiger partial charge < -0.3 is 5.32 Å². The minimum absolute atomic E-state index is 0.477. The van der Waals surface area contributed by atoms with Gasteiger partial charge in [-0.15, -0.1) is 0 Å². The third-order valence-corrected chi connectivity index (χ3v) is 2.22. The smallest absolute Gasteiger partial charge is 0.0579 e. The van der Waals surface area contributed by atoms with E-state index in [0.29, 0.717) is 6.04 Å². The fourth-order valence-electron chi connectivity index (χ4n) is 1.32.